The summed E-state index contributed by atoms with van der Waals surface area (Å²) in [6.07, 6.45) is 1.08. The summed E-state index contributed by atoms with van der Waals surface area (Å²) >= 11 is 0. The van der Waals surface area contributed by atoms with Crippen molar-refractivity contribution < 1.29 is 28.9 Å². The molecule has 0 bridgehead atoms. The van der Waals surface area contributed by atoms with Crippen LogP contribution < -0.4 is 0 Å². The number of esters is 2. The fraction of sp³-hybridized carbons (Fsp3) is 0.500. The van der Waals surface area contributed by atoms with Gasteiger partial charge in [-0.15, -0.1) is 0 Å². The molecule has 140 valence electrons. The lowest BCUT2D eigenvalue weighted by atomic mass is 9.92. The van der Waals surface area contributed by atoms with Gasteiger partial charge in [0.25, 0.3) is 11.4 Å². The molecule has 0 heterocycles. The second-order valence-corrected chi connectivity index (χ2v) is 5.99. The van der Waals surface area contributed by atoms with E-state index in [-0.39, 0.29) is 11.5 Å². The molecule has 10 heteroatoms. The number of nitro groups is 2. The van der Waals surface area contributed by atoms with E-state index in [1.54, 1.807) is 0 Å². The Morgan fingerprint density at radius 3 is 2.15 bits per heavy atom. The zero-order valence-corrected chi connectivity index (χ0v) is 14.2. The van der Waals surface area contributed by atoms with Crippen LogP contribution in [0, 0.1) is 32.1 Å². The topological polar surface area (TPSA) is 139 Å². The molecule has 0 unspecified atom stereocenters. The highest BCUT2D eigenvalue weighted by molar-refractivity contribution is 5.91. The number of hydrogen-bond donors (Lipinski definition) is 0. The summed E-state index contributed by atoms with van der Waals surface area (Å²) < 4.78 is 10.1. The second-order valence-electron chi connectivity index (χ2n) is 5.99. The molecule has 1 fully saturated rings. The smallest absolute Gasteiger partial charge is 0.338 e. The molecule has 0 aromatic heterocycles. The third-order valence-corrected chi connectivity index (χ3v) is 4.55. The van der Waals surface area contributed by atoms with Gasteiger partial charge in [0.1, 0.15) is 6.10 Å². The number of rotatable bonds is 6. The van der Waals surface area contributed by atoms with E-state index in [1.807, 2.05) is 6.92 Å². The van der Waals surface area contributed by atoms with E-state index >= 15 is 0 Å². The number of nitrogens with zero attached hydrogens (tertiary/aromatic N) is 2. The number of hydrogen-bond acceptors (Lipinski definition) is 8. The first-order valence-electron chi connectivity index (χ1n) is 8.01. The van der Waals surface area contributed by atoms with Gasteiger partial charge in [0.05, 0.1) is 34.5 Å². The summed E-state index contributed by atoms with van der Waals surface area (Å²) in [5, 5.41) is 21.9. The van der Waals surface area contributed by atoms with E-state index in [9.17, 15) is 29.8 Å². The van der Waals surface area contributed by atoms with Crippen molar-refractivity contribution in [3.63, 3.8) is 0 Å². The molecule has 1 aliphatic rings. The molecule has 0 amide bonds. The maximum Gasteiger partial charge on any atom is 0.338 e. The molecule has 2 rings (SSSR count). The predicted molar refractivity (Wildman–Crippen MR) is 87.5 cm³/mol. The zero-order chi connectivity index (χ0) is 19.4. The standard InChI is InChI=1S/C16H18N2O8/c1-3-9-4-5-13(14(9)16(20)25-2)26-15(19)10-6-11(17(21)22)8-12(7-10)18(23)24/h6-9,13-14H,3-5H2,1-2H3/t9-,13-,14+/m0/s1. The Labute approximate surface area is 148 Å². The largest absolute Gasteiger partial charge is 0.469 e. The Kier molecular flexibility index (Phi) is 5.86. The average molecular weight is 366 g/mol. The number of benzene rings is 1. The number of carbonyl (C=O) groups excluding carboxylic acids is 2. The van der Waals surface area contributed by atoms with Crippen molar-refractivity contribution in [3.05, 3.63) is 44.0 Å². The van der Waals surface area contributed by atoms with Crippen LogP contribution in [0.4, 0.5) is 11.4 Å². The molecule has 0 N–H and O–H groups in total. The molecule has 0 saturated heterocycles. The number of ether oxygens (including phenoxy) is 2. The van der Waals surface area contributed by atoms with Crippen LogP contribution in [0.3, 0.4) is 0 Å². The Hall–Kier alpha value is -3.04. The van der Waals surface area contributed by atoms with Crippen molar-refractivity contribution in [2.24, 2.45) is 11.8 Å². The molecular formula is C16H18N2O8. The number of nitro benzene ring substituents is 2. The summed E-state index contributed by atoms with van der Waals surface area (Å²) in [5.41, 5.74) is -1.49. The molecule has 1 saturated carbocycles. The minimum atomic E-state index is -0.951. The van der Waals surface area contributed by atoms with Crippen molar-refractivity contribution in [3.8, 4) is 0 Å². The number of non-ortho nitro benzene ring substituents is 2. The third kappa shape index (κ3) is 3.95. The normalized spacial score (nSPS) is 21.8. The fourth-order valence-electron chi connectivity index (χ4n) is 3.24. The van der Waals surface area contributed by atoms with E-state index in [1.165, 1.54) is 7.11 Å². The van der Waals surface area contributed by atoms with Crippen LogP contribution in [0.2, 0.25) is 0 Å². The van der Waals surface area contributed by atoms with Crippen LogP contribution in [0.1, 0.15) is 36.5 Å². The molecule has 26 heavy (non-hydrogen) atoms. The molecule has 0 spiro atoms. The van der Waals surface area contributed by atoms with Crippen LogP contribution >= 0.6 is 0 Å². The van der Waals surface area contributed by atoms with Crippen molar-refractivity contribution >= 4 is 23.3 Å². The monoisotopic (exact) mass is 366 g/mol. The van der Waals surface area contributed by atoms with Crippen molar-refractivity contribution in [1.82, 2.24) is 0 Å². The predicted octanol–water partition coefficient (Wildman–Crippen LogP) is 2.64. The highest BCUT2D eigenvalue weighted by atomic mass is 16.6. The summed E-state index contributed by atoms with van der Waals surface area (Å²) in [4.78, 5) is 44.6. The van der Waals surface area contributed by atoms with Gasteiger partial charge in [0, 0.05) is 12.1 Å². The molecule has 3 atom stereocenters. The summed E-state index contributed by atoms with van der Waals surface area (Å²) in [5.74, 6) is -2.06. The minimum Gasteiger partial charge on any atom is -0.469 e. The van der Waals surface area contributed by atoms with Crippen molar-refractivity contribution in [2.45, 2.75) is 32.3 Å². The van der Waals surface area contributed by atoms with Crippen LogP contribution in [-0.2, 0) is 14.3 Å². The first-order chi connectivity index (χ1) is 12.3. The van der Waals surface area contributed by atoms with E-state index in [2.05, 4.69) is 0 Å². The molecule has 1 aliphatic carbocycles. The van der Waals surface area contributed by atoms with E-state index < -0.39 is 45.2 Å². The van der Waals surface area contributed by atoms with Crippen molar-refractivity contribution in [1.29, 1.82) is 0 Å². The highest BCUT2D eigenvalue weighted by Gasteiger charge is 2.43. The second kappa shape index (κ2) is 7.89. The number of methoxy groups -OCH3 is 1. The molecule has 1 aromatic carbocycles. The van der Waals surface area contributed by atoms with Crippen LogP contribution in [0.5, 0.6) is 0 Å². The van der Waals surface area contributed by atoms with Gasteiger partial charge in [0.2, 0.25) is 0 Å². The Bertz CT molecular complexity index is 716. The third-order valence-electron chi connectivity index (χ3n) is 4.55. The van der Waals surface area contributed by atoms with E-state index in [0.717, 1.165) is 18.2 Å². The number of carbonyl (C=O) groups is 2. The first-order valence-corrected chi connectivity index (χ1v) is 8.01. The lowest BCUT2D eigenvalue weighted by molar-refractivity contribution is -0.394. The van der Waals surface area contributed by atoms with Crippen molar-refractivity contribution in [2.75, 3.05) is 7.11 Å². The quantitative estimate of drug-likeness (QED) is 0.425. The Balaban J connectivity index is 2.27. The maximum atomic E-state index is 12.4. The molecular weight excluding hydrogens is 348 g/mol. The average Bonchev–Trinajstić information content (AvgIpc) is 3.02. The van der Waals surface area contributed by atoms with E-state index in [0.29, 0.717) is 19.3 Å². The van der Waals surface area contributed by atoms with Crippen LogP contribution in [0.25, 0.3) is 0 Å². The van der Waals surface area contributed by atoms with Gasteiger partial charge < -0.3 is 9.47 Å². The molecule has 0 aliphatic heterocycles. The summed E-state index contributed by atoms with van der Waals surface area (Å²) in [6.45, 7) is 1.91. The maximum absolute atomic E-state index is 12.4. The van der Waals surface area contributed by atoms with Gasteiger partial charge in [-0.2, -0.15) is 0 Å². The molecule has 10 nitrogen and oxygen atoms in total. The van der Waals surface area contributed by atoms with Gasteiger partial charge in [-0.1, -0.05) is 13.3 Å². The molecule has 1 aromatic rings. The fourth-order valence-corrected chi connectivity index (χ4v) is 3.24. The van der Waals surface area contributed by atoms with Gasteiger partial charge in [-0.3, -0.25) is 25.0 Å². The van der Waals surface area contributed by atoms with E-state index in [4.69, 9.17) is 9.47 Å². The first kappa shape index (κ1) is 19.3. The van der Waals surface area contributed by atoms with Gasteiger partial charge >= 0.3 is 11.9 Å². The highest BCUT2D eigenvalue weighted by Crippen LogP contribution is 2.37. The molecule has 0 radical (unpaired) electrons. The summed E-state index contributed by atoms with van der Waals surface area (Å²) in [7, 11) is 1.25. The lowest BCUT2D eigenvalue weighted by Gasteiger charge is -2.21. The van der Waals surface area contributed by atoms with Crippen LogP contribution in [-0.4, -0.2) is 35.0 Å². The zero-order valence-electron chi connectivity index (χ0n) is 14.2. The Morgan fingerprint density at radius 2 is 1.69 bits per heavy atom. The van der Waals surface area contributed by atoms with Gasteiger partial charge in [-0.25, -0.2) is 4.79 Å². The van der Waals surface area contributed by atoms with Crippen LogP contribution in [0.15, 0.2) is 18.2 Å². The lowest BCUT2D eigenvalue weighted by Crippen LogP contribution is -2.32. The Morgan fingerprint density at radius 1 is 1.12 bits per heavy atom. The SMILES string of the molecule is CC[C@H]1CC[C@H](OC(=O)c2cc([N+](=O)[O-])cc([N+](=O)[O-])c2)[C@@H]1C(=O)OC. The van der Waals surface area contributed by atoms with Gasteiger partial charge in [-0.05, 0) is 18.8 Å². The summed E-state index contributed by atoms with van der Waals surface area (Å²) in [6, 6.07) is 2.58. The van der Waals surface area contributed by atoms with Gasteiger partial charge in [0.15, 0.2) is 0 Å². The minimum absolute atomic E-state index is 0.000282.